The van der Waals surface area contributed by atoms with Crippen LogP contribution >= 0.6 is 0 Å². The van der Waals surface area contributed by atoms with E-state index in [9.17, 15) is 14.4 Å². The maximum absolute atomic E-state index is 13.9. The number of nitrogens with zero attached hydrogens (tertiary/aromatic N) is 2. The number of ether oxygens (including phenoxy) is 2. The molecule has 2 aromatic carbocycles. The smallest absolute Gasteiger partial charge is 0.259 e. The molecule has 3 unspecified atom stereocenters. The molecule has 0 amide bonds. The molecule has 2 saturated heterocycles. The Morgan fingerprint density at radius 2 is 1.98 bits per heavy atom. The summed E-state index contributed by atoms with van der Waals surface area (Å²) in [5, 5.41) is 20.4. The summed E-state index contributed by atoms with van der Waals surface area (Å²) in [6.45, 7) is 5.59. The second kappa shape index (κ2) is 11.9. The third-order valence-corrected chi connectivity index (χ3v) is 9.23. The zero-order valence-corrected chi connectivity index (χ0v) is 24.9. The van der Waals surface area contributed by atoms with E-state index < -0.39 is 0 Å². The van der Waals surface area contributed by atoms with Crippen LogP contribution in [0.25, 0.3) is 6.08 Å². The van der Waals surface area contributed by atoms with Crippen molar-refractivity contribution in [1.82, 2.24) is 10.3 Å². The first-order valence-electron chi connectivity index (χ1n) is 15.6. The molecule has 10 heteroatoms. The van der Waals surface area contributed by atoms with Crippen molar-refractivity contribution in [3.8, 4) is 5.75 Å². The van der Waals surface area contributed by atoms with E-state index in [0.29, 0.717) is 60.4 Å². The van der Waals surface area contributed by atoms with Gasteiger partial charge < -0.3 is 29.6 Å². The number of aromatic amines is 1. The molecule has 44 heavy (non-hydrogen) atoms. The van der Waals surface area contributed by atoms with Crippen molar-refractivity contribution in [2.24, 2.45) is 10.9 Å². The Morgan fingerprint density at radius 1 is 1.16 bits per heavy atom. The molecule has 5 heterocycles. The highest BCUT2D eigenvalue weighted by atomic mass is 19.1. The number of nitrogens with one attached hydrogen (secondary N) is 3. The van der Waals surface area contributed by atoms with Crippen molar-refractivity contribution in [2.45, 2.75) is 57.8 Å². The Bertz CT molecular complexity index is 1680. The highest BCUT2D eigenvalue weighted by Gasteiger charge is 2.48. The van der Waals surface area contributed by atoms with Crippen LogP contribution in [-0.2, 0) is 17.8 Å². The standard InChI is InChI=1S/C34H38FN5O4/c1-2-44-29-6-5-25(35)16-22(29)7-11-36-27-8-12-37-34(41)30(27)32-33-31(39-33)26-17-23-19-40(42,20-24(23)18-28(26)38-32)13-3-4-21-9-14-43-15-10-21/h5-8,11-12,16-18,21,31,33,39H,2-4,9-10,13-15,19-20H2,1H3,(H2,36,37,41)/b11-7+. The van der Waals surface area contributed by atoms with E-state index in [0.717, 1.165) is 61.3 Å². The molecular weight excluding hydrogens is 561 g/mol. The molecule has 9 nitrogen and oxygen atoms in total. The van der Waals surface area contributed by atoms with E-state index in [1.807, 2.05) is 6.92 Å². The van der Waals surface area contributed by atoms with Gasteiger partial charge in [-0.05, 0) is 86.6 Å². The Hall–Kier alpha value is -3.83. The van der Waals surface area contributed by atoms with Crippen molar-refractivity contribution < 1.29 is 18.5 Å². The lowest BCUT2D eigenvalue weighted by atomic mass is 9.94. The third-order valence-electron chi connectivity index (χ3n) is 9.23. The molecule has 0 spiro atoms. The summed E-state index contributed by atoms with van der Waals surface area (Å²) in [5.41, 5.74) is 6.11. The van der Waals surface area contributed by atoms with Crippen LogP contribution in [0.4, 0.5) is 15.8 Å². The highest BCUT2D eigenvalue weighted by molar-refractivity contribution is 6.12. The molecule has 3 N–H and O–H groups in total. The number of hydroxylamine groups is 3. The van der Waals surface area contributed by atoms with E-state index in [4.69, 9.17) is 14.5 Å². The number of rotatable bonds is 10. The first kappa shape index (κ1) is 28.9. The molecule has 4 aliphatic heterocycles. The van der Waals surface area contributed by atoms with Crippen LogP contribution in [0.5, 0.6) is 5.75 Å². The van der Waals surface area contributed by atoms with E-state index >= 15 is 0 Å². The number of benzene rings is 2. The zero-order chi connectivity index (χ0) is 30.3. The van der Waals surface area contributed by atoms with E-state index in [-0.39, 0.29) is 28.1 Å². The molecule has 4 aliphatic rings. The summed E-state index contributed by atoms with van der Waals surface area (Å²) in [7, 11) is 0. The fourth-order valence-corrected chi connectivity index (χ4v) is 6.94. The number of fused-ring (bicyclic) bond motifs is 4. The van der Waals surface area contributed by atoms with Crippen LogP contribution < -0.4 is 20.9 Å². The second-order valence-electron chi connectivity index (χ2n) is 12.3. The van der Waals surface area contributed by atoms with Gasteiger partial charge in [0, 0.05) is 42.3 Å². The molecule has 2 fully saturated rings. The summed E-state index contributed by atoms with van der Waals surface area (Å²) in [5.74, 6) is 0.882. The number of pyridine rings is 1. The summed E-state index contributed by atoms with van der Waals surface area (Å²) < 4.78 is 24.8. The van der Waals surface area contributed by atoms with Crippen molar-refractivity contribution in [1.29, 1.82) is 0 Å². The number of hydrogen-bond donors (Lipinski definition) is 3. The average Bonchev–Trinajstić information content (AvgIpc) is 3.74. The van der Waals surface area contributed by atoms with Crippen LogP contribution in [0.15, 0.2) is 58.6 Å². The van der Waals surface area contributed by atoms with Crippen LogP contribution in [0.3, 0.4) is 0 Å². The van der Waals surface area contributed by atoms with Gasteiger partial charge in [0.1, 0.15) is 24.7 Å². The Kier molecular flexibility index (Phi) is 7.84. The fourth-order valence-electron chi connectivity index (χ4n) is 6.94. The summed E-state index contributed by atoms with van der Waals surface area (Å²) >= 11 is 0. The Morgan fingerprint density at radius 3 is 2.80 bits per heavy atom. The zero-order valence-electron chi connectivity index (χ0n) is 24.9. The lowest BCUT2D eigenvalue weighted by Gasteiger charge is -2.39. The van der Waals surface area contributed by atoms with Crippen LogP contribution in [-0.4, -0.2) is 47.7 Å². The normalized spacial score (nSPS) is 24.0. The first-order chi connectivity index (χ1) is 21.4. The number of anilines is 1. The van der Waals surface area contributed by atoms with Crippen molar-refractivity contribution in [3.05, 3.63) is 98.0 Å². The van der Waals surface area contributed by atoms with Crippen molar-refractivity contribution in [3.63, 3.8) is 0 Å². The monoisotopic (exact) mass is 599 g/mol. The van der Waals surface area contributed by atoms with E-state index in [1.165, 1.54) is 12.1 Å². The Balaban J connectivity index is 1.11. The van der Waals surface area contributed by atoms with Gasteiger partial charge in [-0.15, -0.1) is 0 Å². The number of quaternary nitrogens is 1. The quantitative estimate of drug-likeness (QED) is 0.157. The van der Waals surface area contributed by atoms with Crippen molar-refractivity contribution in [2.75, 3.05) is 31.7 Å². The minimum absolute atomic E-state index is 0.0505. The molecule has 1 aromatic heterocycles. The molecular formula is C34H38FN5O4. The maximum atomic E-state index is 13.9. The molecule has 3 atom stereocenters. The van der Waals surface area contributed by atoms with Gasteiger partial charge in [-0.3, -0.25) is 15.1 Å². The number of aliphatic imine (C=N–C) groups is 1. The van der Waals surface area contributed by atoms with Gasteiger partial charge in [-0.2, -0.15) is 0 Å². The minimum Gasteiger partial charge on any atom is -0.632 e. The number of H-pyrrole nitrogens is 1. The van der Waals surface area contributed by atoms with Gasteiger partial charge in [0.15, 0.2) is 0 Å². The van der Waals surface area contributed by atoms with Crippen molar-refractivity contribution >= 4 is 23.2 Å². The maximum Gasteiger partial charge on any atom is 0.259 e. The minimum atomic E-state index is -0.361. The van der Waals surface area contributed by atoms with Gasteiger partial charge in [0.25, 0.3) is 5.56 Å². The molecule has 0 radical (unpaired) electrons. The SMILES string of the molecule is CCOc1ccc(F)cc1/C=C/Nc1cc[nH]c(=O)c1C1=Nc2cc3c(cc2C2NC12)C[N+]([O-])(CCCC1CCOCC1)C3. The molecule has 7 rings (SSSR count). The fraction of sp³-hybridized carbons (Fsp3) is 0.412. The predicted molar refractivity (Wildman–Crippen MR) is 168 cm³/mol. The van der Waals surface area contributed by atoms with Gasteiger partial charge in [-0.1, -0.05) is 0 Å². The second-order valence-corrected chi connectivity index (χ2v) is 12.3. The number of hydrogen-bond acceptors (Lipinski definition) is 7. The summed E-state index contributed by atoms with van der Waals surface area (Å²) in [6, 6.07) is 10.3. The largest absolute Gasteiger partial charge is 0.632 e. The Labute approximate surface area is 256 Å². The van der Waals surface area contributed by atoms with E-state index in [1.54, 1.807) is 30.6 Å². The summed E-state index contributed by atoms with van der Waals surface area (Å²) in [6.07, 6.45) is 9.20. The molecule has 230 valence electrons. The van der Waals surface area contributed by atoms with Crippen LogP contribution in [0.1, 0.15) is 66.5 Å². The molecule has 0 aliphatic carbocycles. The molecule has 0 bridgehead atoms. The topological polar surface area (TPSA) is 121 Å². The van der Waals surface area contributed by atoms with Crippen LogP contribution in [0, 0.1) is 16.9 Å². The molecule has 0 saturated carbocycles. The highest BCUT2D eigenvalue weighted by Crippen LogP contribution is 2.46. The van der Waals surface area contributed by atoms with Gasteiger partial charge in [0.2, 0.25) is 0 Å². The lowest BCUT2D eigenvalue weighted by Crippen LogP contribution is -2.37. The first-order valence-corrected chi connectivity index (χ1v) is 15.6. The average molecular weight is 600 g/mol. The summed E-state index contributed by atoms with van der Waals surface area (Å²) in [4.78, 5) is 21.0. The molecule has 3 aromatic rings. The van der Waals surface area contributed by atoms with Crippen LogP contribution in [0.2, 0.25) is 0 Å². The predicted octanol–water partition coefficient (Wildman–Crippen LogP) is 5.68. The lowest BCUT2D eigenvalue weighted by molar-refractivity contribution is -0.900. The number of halogens is 1. The van der Waals surface area contributed by atoms with E-state index in [2.05, 4.69) is 27.8 Å². The van der Waals surface area contributed by atoms with Gasteiger partial charge in [-0.25, -0.2) is 4.39 Å². The number of aromatic nitrogens is 1. The van der Waals surface area contributed by atoms with Gasteiger partial charge in [0.05, 0.1) is 47.9 Å². The van der Waals surface area contributed by atoms with Gasteiger partial charge >= 0.3 is 0 Å². The third kappa shape index (κ3) is 5.82.